The molecular formula is C14H15F3N4O2S. The fourth-order valence-corrected chi connectivity index (χ4v) is 3.37. The zero-order valence-corrected chi connectivity index (χ0v) is 13.3. The van der Waals surface area contributed by atoms with E-state index in [4.69, 9.17) is 5.73 Å². The van der Waals surface area contributed by atoms with Crippen LogP contribution < -0.4 is 21.1 Å². The Balaban J connectivity index is 1.77. The highest BCUT2D eigenvalue weighted by atomic mass is 32.1. The highest BCUT2D eigenvalue weighted by Crippen LogP contribution is 2.32. The number of thiazole rings is 1. The van der Waals surface area contributed by atoms with Gasteiger partial charge in [-0.25, -0.2) is 4.98 Å². The third kappa shape index (κ3) is 3.77. The van der Waals surface area contributed by atoms with Crippen molar-refractivity contribution in [2.24, 2.45) is 5.73 Å². The van der Waals surface area contributed by atoms with Crippen LogP contribution in [0.3, 0.4) is 0 Å². The summed E-state index contributed by atoms with van der Waals surface area (Å²) in [4.78, 5) is 16.5. The van der Waals surface area contributed by atoms with Crippen LogP contribution in [0.5, 0.6) is 5.75 Å². The van der Waals surface area contributed by atoms with Crippen molar-refractivity contribution in [1.29, 1.82) is 0 Å². The molecule has 1 saturated heterocycles. The van der Waals surface area contributed by atoms with E-state index in [0.29, 0.717) is 41.3 Å². The minimum absolute atomic E-state index is 0.294. The molecule has 0 spiro atoms. The Bertz CT molecular complexity index is 756. The molecule has 1 aromatic carbocycles. The van der Waals surface area contributed by atoms with Crippen molar-refractivity contribution in [2.45, 2.75) is 24.7 Å². The summed E-state index contributed by atoms with van der Waals surface area (Å²) in [7, 11) is 0. The van der Waals surface area contributed by atoms with E-state index in [0.717, 1.165) is 11.3 Å². The molecule has 24 heavy (non-hydrogen) atoms. The van der Waals surface area contributed by atoms with Gasteiger partial charge in [-0.05, 0) is 38.1 Å². The molecule has 2 aromatic rings. The first kappa shape index (κ1) is 16.9. The van der Waals surface area contributed by atoms with E-state index in [1.807, 2.05) is 0 Å². The van der Waals surface area contributed by atoms with Gasteiger partial charge in [0.2, 0.25) is 5.91 Å². The molecule has 3 rings (SSSR count). The Morgan fingerprint density at radius 2 is 2.08 bits per heavy atom. The zero-order valence-electron chi connectivity index (χ0n) is 12.4. The van der Waals surface area contributed by atoms with E-state index >= 15 is 0 Å². The molecule has 1 fully saturated rings. The second-order valence-corrected chi connectivity index (χ2v) is 6.59. The molecule has 1 aliphatic rings. The SMILES string of the molecule is NC1(C(=O)Nc2nc3ccc(OC(F)(F)F)cc3s2)CCNCC1. The van der Waals surface area contributed by atoms with Gasteiger partial charge in [-0.2, -0.15) is 0 Å². The molecule has 130 valence electrons. The first-order valence-electron chi connectivity index (χ1n) is 7.23. The number of nitrogens with one attached hydrogen (secondary N) is 2. The number of nitrogens with zero attached hydrogens (tertiary/aromatic N) is 1. The van der Waals surface area contributed by atoms with Crippen LogP contribution in [0.1, 0.15) is 12.8 Å². The molecule has 1 amide bonds. The van der Waals surface area contributed by atoms with E-state index in [9.17, 15) is 18.0 Å². The van der Waals surface area contributed by atoms with Crippen LogP contribution in [-0.2, 0) is 4.79 Å². The number of benzene rings is 1. The lowest BCUT2D eigenvalue weighted by atomic mass is 9.89. The second kappa shape index (κ2) is 6.19. The molecule has 1 aromatic heterocycles. The smallest absolute Gasteiger partial charge is 0.406 e. The number of anilines is 1. The summed E-state index contributed by atoms with van der Waals surface area (Å²) in [5.74, 6) is -0.667. The van der Waals surface area contributed by atoms with Crippen molar-refractivity contribution in [3.05, 3.63) is 18.2 Å². The number of ether oxygens (including phenoxy) is 1. The maximum atomic E-state index is 12.3. The Morgan fingerprint density at radius 1 is 1.38 bits per heavy atom. The molecule has 0 radical (unpaired) electrons. The average molecular weight is 360 g/mol. The third-order valence-electron chi connectivity index (χ3n) is 3.76. The number of carbonyl (C=O) groups excluding carboxylic acids is 1. The number of rotatable bonds is 3. The lowest BCUT2D eigenvalue weighted by molar-refractivity contribution is -0.274. The Hall–Kier alpha value is -1.91. The summed E-state index contributed by atoms with van der Waals surface area (Å²) < 4.78 is 41.1. The maximum absolute atomic E-state index is 12.3. The molecule has 0 aliphatic carbocycles. The van der Waals surface area contributed by atoms with E-state index in [2.05, 4.69) is 20.4 Å². The number of carbonyl (C=O) groups is 1. The van der Waals surface area contributed by atoms with Crippen LogP contribution in [0, 0.1) is 0 Å². The van der Waals surface area contributed by atoms with Gasteiger partial charge in [0.1, 0.15) is 5.75 Å². The number of alkyl halides is 3. The first-order valence-corrected chi connectivity index (χ1v) is 8.04. The number of amides is 1. The topological polar surface area (TPSA) is 89.3 Å². The number of fused-ring (bicyclic) bond motifs is 1. The minimum atomic E-state index is -4.75. The largest absolute Gasteiger partial charge is 0.573 e. The Kier molecular flexibility index (Phi) is 4.37. The molecule has 2 heterocycles. The Labute approximate surface area is 139 Å². The van der Waals surface area contributed by atoms with Gasteiger partial charge in [-0.15, -0.1) is 13.2 Å². The summed E-state index contributed by atoms with van der Waals surface area (Å²) in [6, 6.07) is 3.82. The quantitative estimate of drug-likeness (QED) is 0.781. The van der Waals surface area contributed by atoms with Crippen molar-refractivity contribution in [1.82, 2.24) is 10.3 Å². The van der Waals surface area contributed by atoms with E-state index in [1.165, 1.54) is 18.2 Å². The van der Waals surface area contributed by atoms with Crippen LogP contribution in [0.15, 0.2) is 18.2 Å². The fraction of sp³-hybridized carbons (Fsp3) is 0.429. The van der Waals surface area contributed by atoms with Crippen LogP contribution in [0.4, 0.5) is 18.3 Å². The third-order valence-corrected chi connectivity index (χ3v) is 4.70. The molecule has 10 heteroatoms. The fourth-order valence-electron chi connectivity index (χ4n) is 2.48. The van der Waals surface area contributed by atoms with Crippen LogP contribution in [0.25, 0.3) is 10.2 Å². The molecule has 0 bridgehead atoms. The lowest BCUT2D eigenvalue weighted by Gasteiger charge is -2.31. The molecule has 0 saturated carbocycles. The van der Waals surface area contributed by atoms with E-state index in [1.54, 1.807) is 0 Å². The average Bonchev–Trinajstić information content (AvgIpc) is 2.87. The van der Waals surface area contributed by atoms with Crippen LogP contribution in [0.2, 0.25) is 0 Å². The summed E-state index contributed by atoms with van der Waals surface area (Å²) in [5, 5.41) is 6.08. The van der Waals surface area contributed by atoms with E-state index < -0.39 is 11.9 Å². The maximum Gasteiger partial charge on any atom is 0.573 e. The van der Waals surface area contributed by atoms with Gasteiger partial charge in [0.05, 0.1) is 15.8 Å². The number of hydrogen-bond acceptors (Lipinski definition) is 6. The van der Waals surface area contributed by atoms with Gasteiger partial charge in [0.15, 0.2) is 5.13 Å². The van der Waals surface area contributed by atoms with Crippen LogP contribution in [-0.4, -0.2) is 35.9 Å². The van der Waals surface area contributed by atoms with Gasteiger partial charge >= 0.3 is 6.36 Å². The molecule has 4 N–H and O–H groups in total. The first-order chi connectivity index (χ1) is 11.3. The summed E-state index contributed by atoms with van der Waals surface area (Å²) >= 11 is 1.07. The highest BCUT2D eigenvalue weighted by Gasteiger charge is 2.36. The molecule has 1 aliphatic heterocycles. The molecule has 0 atom stereocenters. The summed E-state index contributed by atoms with van der Waals surface area (Å²) in [5.41, 5.74) is 5.63. The lowest BCUT2D eigenvalue weighted by Crippen LogP contribution is -2.56. The predicted octanol–water partition coefficient (Wildman–Crippen LogP) is 2.21. The highest BCUT2D eigenvalue weighted by molar-refractivity contribution is 7.22. The van der Waals surface area contributed by atoms with Crippen LogP contribution >= 0.6 is 11.3 Å². The van der Waals surface area contributed by atoms with E-state index in [-0.39, 0.29) is 11.7 Å². The normalized spacial score (nSPS) is 17.7. The number of halogens is 3. The molecule has 0 unspecified atom stereocenters. The van der Waals surface area contributed by atoms with Gasteiger partial charge < -0.3 is 21.1 Å². The van der Waals surface area contributed by atoms with Crippen molar-refractivity contribution < 1.29 is 22.7 Å². The molecular weight excluding hydrogens is 345 g/mol. The zero-order chi connectivity index (χ0) is 17.4. The van der Waals surface area contributed by atoms with Gasteiger partial charge in [0, 0.05) is 6.07 Å². The molecule has 6 nitrogen and oxygen atoms in total. The number of aromatic nitrogens is 1. The predicted molar refractivity (Wildman–Crippen MR) is 84.0 cm³/mol. The standard InChI is InChI=1S/C14H15F3N4O2S/c15-14(16,17)23-8-1-2-9-10(7-8)24-12(20-9)21-11(22)13(18)3-5-19-6-4-13/h1-2,7,19H,3-6,18H2,(H,20,21,22). The summed E-state index contributed by atoms with van der Waals surface area (Å²) in [6.45, 7) is 1.31. The van der Waals surface area contributed by atoms with Crippen molar-refractivity contribution >= 4 is 32.6 Å². The van der Waals surface area contributed by atoms with Crippen molar-refractivity contribution in [3.63, 3.8) is 0 Å². The Morgan fingerprint density at radius 3 is 2.75 bits per heavy atom. The number of piperidine rings is 1. The number of nitrogens with two attached hydrogens (primary N) is 1. The van der Waals surface area contributed by atoms with Crippen molar-refractivity contribution in [3.8, 4) is 5.75 Å². The summed E-state index contributed by atoms with van der Waals surface area (Å²) in [6.07, 6.45) is -3.74. The monoisotopic (exact) mass is 360 g/mol. The van der Waals surface area contributed by atoms with Gasteiger partial charge in [-0.1, -0.05) is 11.3 Å². The second-order valence-electron chi connectivity index (χ2n) is 5.56. The van der Waals surface area contributed by atoms with Crippen molar-refractivity contribution in [2.75, 3.05) is 18.4 Å². The van der Waals surface area contributed by atoms with Gasteiger partial charge in [-0.3, -0.25) is 4.79 Å². The number of hydrogen-bond donors (Lipinski definition) is 3. The minimum Gasteiger partial charge on any atom is -0.406 e. The van der Waals surface area contributed by atoms with Gasteiger partial charge in [0.25, 0.3) is 0 Å².